The lowest BCUT2D eigenvalue weighted by Gasteiger charge is -2.16. The van der Waals surface area contributed by atoms with Crippen LogP contribution in [0.15, 0.2) is 24.3 Å². The van der Waals surface area contributed by atoms with Crippen LogP contribution in [0.4, 0.5) is 0 Å². The largest absolute Gasteiger partial charge is 0.496 e. The quantitative estimate of drug-likeness (QED) is 0.745. The first-order valence-electron chi connectivity index (χ1n) is 6.20. The van der Waals surface area contributed by atoms with Gasteiger partial charge in [-0.1, -0.05) is 12.1 Å². The van der Waals surface area contributed by atoms with Gasteiger partial charge in [-0.25, -0.2) is 0 Å². The highest BCUT2D eigenvalue weighted by molar-refractivity contribution is 6.00. The van der Waals surface area contributed by atoms with Crippen LogP contribution in [0.5, 0.6) is 5.75 Å². The van der Waals surface area contributed by atoms with Crippen molar-refractivity contribution in [1.82, 2.24) is 10.2 Å². The summed E-state index contributed by atoms with van der Waals surface area (Å²) in [5, 5.41) is 2.70. The predicted molar refractivity (Wildman–Crippen MR) is 73.5 cm³/mol. The van der Waals surface area contributed by atoms with Crippen LogP contribution in [0.2, 0.25) is 0 Å². The van der Waals surface area contributed by atoms with Crippen molar-refractivity contribution in [2.24, 2.45) is 0 Å². The van der Waals surface area contributed by atoms with Crippen LogP contribution in [0.3, 0.4) is 0 Å². The monoisotopic (exact) mass is 264 g/mol. The van der Waals surface area contributed by atoms with Crippen molar-refractivity contribution in [1.29, 1.82) is 0 Å². The van der Waals surface area contributed by atoms with Crippen LogP contribution in [-0.2, 0) is 4.79 Å². The average Bonchev–Trinajstić information content (AvgIpc) is 2.38. The number of nitrogens with zero attached hydrogens (tertiary/aromatic N) is 1. The van der Waals surface area contributed by atoms with E-state index in [1.54, 1.807) is 30.1 Å². The second-order valence-corrected chi connectivity index (χ2v) is 4.25. The van der Waals surface area contributed by atoms with Crippen molar-refractivity contribution in [3.63, 3.8) is 0 Å². The fourth-order valence-corrected chi connectivity index (χ4v) is 1.76. The molecule has 0 saturated heterocycles. The molecule has 104 valence electrons. The van der Waals surface area contributed by atoms with E-state index in [1.165, 1.54) is 7.11 Å². The Labute approximate surface area is 113 Å². The van der Waals surface area contributed by atoms with Crippen molar-refractivity contribution < 1.29 is 14.3 Å². The lowest BCUT2D eigenvalue weighted by Crippen LogP contribution is -2.37. The number of carbonyl (C=O) groups is 2. The zero-order valence-electron chi connectivity index (χ0n) is 11.6. The van der Waals surface area contributed by atoms with Gasteiger partial charge in [-0.2, -0.15) is 0 Å². The van der Waals surface area contributed by atoms with Gasteiger partial charge in [-0.3, -0.25) is 14.5 Å². The minimum atomic E-state index is -0.0853. The summed E-state index contributed by atoms with van der Waals surface area (Å²) in [6.45, 7) is 2.83. The molecule has 0 saturated carbocycles. The highest BCUT2D eigenvalue weighted by atomic mass is 16.5. The molecule has 1 N–H and O–H groups in total. The van der Waals surface area contributed by atoms with Gasteiger partial charge in [0.1, 0.15) is 5.75 Å². The maximum absolute atomic E-state index is 12.1. The molecular formula is C14H20N2O3. The summed E-state index contributed by atoms with van der Waals surface area (Å²) in [6, 6.07) is 7.08. The van der Waals surface area contributed by atoms with Crippen LogP contribution < -0.4 is 10.1 Å². The highest BCUT2D eigenvalue weighted by Gasteiger charge is 2.15. The molecule has 0 atom stereocenters. The number of para-hydroxylation sites is 1. The second-order valence-electron chi connectivity index (χ2n) is 4.25. The minimum Gasteiger partial charge on any atom is -0.496 e. The van der Waals surface area contributed by atoms with E-state index >= 15 is 0 Å². The Morgan fingerprint density at radius 2 is 1.95 bits per heavy atom. The van der Waals surface area contributed by atoms with Gasteiger partial charge in [-0.15, -0.1) is 0 Å². The Bertz CT molecular complexity index is 446. The first kappa shape index (κ1) is 15.2. The molecule has 0 aliphatic heterocycles. The van der Waals surface area contributed by atoms with Crippen molar-refractivity contribution in [2.75, 3.05) is 33.8 Å². The lowest BCUT2D eigenvalue weighted by atomic mass is 10.1. The van der Waals surface area contributed by atoms with Crippen molar-refractivity contribution >= 4 is 11.7 Å². The molecule has 0 aliphatic rings. The predicted octanol–water partition coefficient (Wildman–Crippen LogP) is 0.946. The number of carbonyl (C=O) groups excluding carboxylic acids is 2. The smallest absolute Gasteiger partial charge is 0.234 e. The Morgan fingerprint density at radius 1 is 1.26 bits per heavy atom. The van der Waals surface area contributed by atoms with E-state index in [9.17, 15) is 9.59 Å². The first-order chi connectivity index (χ1) is 9.08. The molecule has 0 unspecified atom stereocenters. The van der Waals surface area contributed by atoms with Gasteiger partial charge in [0.25, 0.3) is 0 Å². The van der Waals surface area contributed by atoms with Gasteiger partial charge in [0, 0.05) is 6.54 Å². The number of hydrogen-bond donors (Lipinski definition) is 1. The Kier molecular flexibility index (Phi) is 6.02. The van der Waals surface area contributed by atoms with Gasteiger partial charge in [0.05, 0.1) is 25.8 Å². The lowest BCUT2D eigenvalue weighted by molar-refractivity contribution is -0.121. The molecule has 1 rings (SSSR count). The molecule has 1 aromatic carbocycles. The molecule has 5 nitrogen and oxygen atoms in total. The third-order valence-corrected chi connectivity index (χ3v) is 2.61. The maximum atomic E-state index is 12.1. The molecule has 0 radical (unpaired) electrons. The van der Waals surface area contributed by atoms with E-state index < -0.39 is 0 Å². The summed E-state index contributed by atoms with van der Waals surface area (Å²) in [5.41, 5.74) is 0.535. The molecule has 0 spiro atoms. The van der Waals surface area contributed by atoms with E-state index in [-0.39, 0.29) is 24.8 Å². The van der Waals surface area contributed by atoms with Gasteiger partial charge in [-0.05, 0) is 26.1 Å². The number of nitrogens with one attached hydrogen (secondary N) is 1. The fraction of sp³-hybridized carbons (Fsp3) is 0.429. The number of methoxy groups -OCH3 is 1. The zero-order valence-corrected chi connectivity index (χ0v) is 11.6. The topological polar surface area (TPSA) is 58.6 Å². The van der Waals surface area contributed by atoms with Crippen LogP contribution >= 0.6 is 0 Å². The zero-order chi connectivity index (χ0) is 14.3. The number of ether oxygens (including phenoxy) is 1. The summed E-state index contributed by atoms with van der Waals surface area (Å²) in [5.74, 6) is 0.404. The molecule has 0 bridgehead atoms. The first-order valence-corrected chi connectivity index (χ1v) is 6.20. The molecule has 0 heterocycles. The van der Waals surface area contributed by atoms with E-state index in [0.717, 1.165) is 0 Å². The third-order valence-electron chi connectivity index (χ3n) is 2.61. The fourth-order valence-electron chi connectivity index (χ4n) is 1.76. The Morgan fingerprint density at radius 3 is 2.58 bits per heavy atom. The molecule has 1 amide bonds. The Balaban J connectivity index is 2.61. The second kappa shape index (κ2) is 7.53. The van der Waals surface area contributed by atoms with E-state index in [4.69, 9.17) is 4.74 Å². The highest BCUT2D eigenvalue weighted by Crippen LogP contribution is 2.17. The molecular weight excluding hydrogens is 244 g/mol. The summed E-state index contributed by atoms with van der Waals surface area (Å²) < 4.78 is 5.15. The normalized spacial score (nSPS) is 10.3. The molecule has 1 aromatic rings. The number of hydrogen-bond acceptors (Lipinski definition) is 4. The van der Waals surface area contributed by atoms with Crippen LogP contribution in [0.25, 0.3) is 0 Å². The molecule has 19 heavy (non-hydrogen) atoms. The summed E-state index contributed by atoms with van der Waals surface area (Å²) in [7, 11) is 3.27. The van der Waals surface area contributed by atoms with E-state index in [0.29, 0.717) is 17.9 Å². The van der Waals surface area contributed by atoms with Crippen LogP contribution in [-0.4, -0.2) is 50.4 Å². The number of rotatable bonds is 7. The molecule has 5 heteroatoms. The van der Waals surface area contributed by atoms with Crippen molar-refractivity contribution in [2.45, 2.75) is 6.92 Å². The summed E-state index contributed by atoms with van der Waals surface area (Å²) in [4.78, 5) is 25.2. The summed E-state index contributed by atoms with van der Waals surface area (Å²) >= 11 is 0. The van der Waals surface area contributed by atoms with Crippen LogP contribution in [0.1, 0.15) is 17.3 Å². The molecule has 0 fully saturated rings. The Hall–Kier alpha value is -1.88. The summed E-state index contributed by atoms with van der Waals surface area (Å²) in [6.07, 6.45) is 0. The molecule has 0 aromatic heterocycles. The van der Waals surface area contributed by atoms with Crippen molar-refractivity contribution in [3.8, 4) is 5.75 Å². The third kappa shape index (κ3) is 4.71. The van der Waals surface area contributed by atoms with Crippen LogP contribution in [0, 0.1) is 0 Å². The number of likely N-dealkylation sites (N-methyl/N-ethyl adjacent to an activating group) is 2. The van der Waals surface area contributed by atoms with Gasteiger partial charge in [0.15, 0.2) is 5.78 Å². The van der Waals surface area contributed by atoms with Gasteiger partial charge >= 0.3 is 0 Å². The SMILES string of the molecule is CCNC(=O)CN(C)CC(=O)c1ccccc1OC. The minimum absolute atomic E-state index is 0.0655. The van der Waals surface area contributed by atoms with E-state index in [1.807, 2.05) is 13.0 Å². The molecule has 0 aliphatic carbocycles. The standard InChI is InChI=1S/C14H20N2O3/c1-4-15-14(18)10-16(2)9-12(17)11-7-5-6-8-13(11)19-3/h5-8H,4,9-10H2,1-3H3,(H,15,18). The number of ketones is 1. The number of amides is 1. The van der Waals surface area contributed by atoms with Gasteiger partial charge in [0.2, 0.25) is 5.91 Å². The van der Waals surface area contributed by atoms with Gasteiger partial charge < -0.3 is 10.1 Å². The average molecular weight is 264 g/mol. The maximum Gasteiger partial charge on any atom is 0.234 e. The van der Waals surface area contributed by atoms with E-state index in [2.05, 4.69) is 5.32 Å². The number of benzene rings is 1. The van der Waals surface area contributed by atoms with Crippen molar-refractivity contribution in [3.05, 3.63) is 29.8 Å². The number of Topliss-reactive ketones (excluding diaryl/α,β-unsaturated/α-hetero) is 1.